The average Bonchev–Trinajstić information content (AvgIpc) is 2.02. The molecular weight excluding hydrogens is 226 g/mol. The maximum Gasteiger partial charge on any atom is 1.00 e. The minimum absolute atomic E-state index is 0. The Morgan fingerprint density at radius 3 is 2.29 bits per heavy atom. The fourth-order valence-corrected chi connectivity index (χ4v) is 0.714. The van der Waals surface area contributed by atoms with Gasteiger partial charge in [-0.05, 0) is 6.07 Å². The Balaban J connectivity index is 0.00000169. The quantitative estimate of drug-likeness (QED) is 0.418. The molecule has 1 rings (SSSR count). The molecule has 0 radical (unpaired) electrons. The van der Waals surface area contributed by atoms with Crippen molar-refractivity contribution in [1.29, 1.82) is 5.26 Å². The van der Waals surface area contributed by atoms with Crippen LogP contribution in [0.5, 0.6) is 0 Å². The summed E-state index contributed by atoms with van der Waals surface area (Å²) in [5.74, 6) is -1.25. The molecule has 0 aliphatic rings. The average molecular weight is 228 g/mol. The normalized spacial score (nSPS) is 10.2. The number of nitriles is 1. The molecule has 0 bridgehead atoms. The van der Waals surface area contributed by atoms with Crippen molar-refractivity contribution in [3.8, 4) is 6.07 Å². The van der Waals surface area contributed by atoms with Crippen LogP contribution < -0.4 is 56.8 Å². The Hall–Kier alpha value is 0.0613. The van der Waals surface area contributed by atoms with Gasteiger partial charge in [-0.1, -0.05) is 5.46 Å². The van der Waals surface area contributed by atoms with Crippen LogP contribution in [0.4, 0.5) is 17.3 Å². The molecule has 0 atom stereocenters. The summed E-state index contributed by atoms with van der Waals surface area (Å²) in [5, 5.41) is 8.18. The molecule has 0 amide bonds. The van der Waals surface area contributed by atoms with E-state index in [-0.39, 0.29) is 57.5 Å². The summed E-state index contributed by atoms with van der Waals surface area (Å²) >= 11 is 0. The smallest absolute Gasteiger partial charge is 0.445 e. The Morgan fingerprint density at radius 1 is 1.36 bits per heavy atom. The summed E-state index contributed by atoms with van der Waals surface area (Å²) < 4.78 is 48.5. The first-order chi connectivity index (χ1) is 5.95. The van der Waals surface area contributed by atoms with Gasteiger partial charge in [0.1, 0.15) is 6.07 Å². The predicted molar refractivity (Wildman–Crippen MR) is 37.6 cm³/mol. The summed E-state index contributed by atoms with van der Waals surface area (Å²) in [7, 11) is 0. The van der Waals surface area contributed by atoms with Crippen molar-refractivity contribution in [3.05, 3.63) is 23.8 Å². The van der Waals surface area contributed by atoms with Crippen LogP contribution >= 0.6 is 0 Å². The molecule has 14 heavy (non-hydrogen) atoms. The molecule has 0 fully saturated rings. The van der Waals surface area contributed by atoms with Gasteiger partial charge in [0.25, 0.3) is 0 Å². The number of hydrogen-bond acceptors (Lipinski definition) is 2. The summed E-state index contributed by atoms with van der Waals surface area (Å²) in [6.07, 6.45) is 0.446. The largest absolute Gasteiger partial charge is 1.00 e. The first-order valence-corrected chi connectivity index (χ1v) is 3.20. The van der Waals surface area contributed by atoms with Gasteiger partial charge in [0.05, 0.1) is 0 Å². The van der Waals surface area contributed by atoms with Crippen molar-refractivity contribution in [2.75, 3.05) is 0 Å². The van der Waals surface area contributed by atoms with Crippen molar-refractivity contribution in [2.45, 2.75) is 0 Å². The number of halogens is 4. The third-order valence-electron chi connectivity index (χ3n) is 1.35. The molecule has 0 aliphatic carbocycles. The number of pyridine rings is 1. The second-order valence-electron chi connectivity index (χ2n) is 2.29. The standard InChI is InChI=1S/C6H2BF4N2.K/c8-5-1-4(7(9,10)11)3-13-6(5)2-12;/h1,3H;/q-1;+1. The molecule has 0 N–H and O–H groups in total. The minimum Gasteiger partial charge on any atom is -0.445 e. The maximum atomic E-state index is 12.6. The van der Waals surface area contributed by atoms with Crippen LogP contribution in [0, 0.1) is 17.1 Å². The molecule has 68 valence electrons. The van der Waals surface area contributed by atoms with Crippen molar-refractivity contribution in [3.63, 3.8) is 0 Å². The van der Waals surface area contributed by atoms with E-state index in [9.17, 15) is 17.3 Å². The van der Waals surface area contributed by atoms with Crippen molar-refractivity contribution >= 4 is 12.4 Å². The van der Waals surface area contributed by atoms with Crippen LogP contribution in [0.25, 0.3) is 0 Å². The van der Waals surface area contributed by atoms with E-state index < -0.39 is 24.0 Å². The van der Waals surface area contributed by atoms with Gasteiger partial charge < -0.3 is 12.9 Å². The zero-order chi connectivity index (χ0) is 10.1. The second-order valence-corrected chi connectivity index (χ2v) is 2.29. The van der Waals surface area contributed by atoms with Crippen LogP contribution in [-0.4, -0.2) is 12.0 Å². The first kappa shape index (κ1) is 14.1. The number of rotatable bonds is 1. The molecule has 0 unspecified atom stereocenters. The molecule has 8 heteroatoms. The van der Waals surface area contributed by atoms with Crippen molar-refractivity contribution < 1.29 is 68.7 Å². The predicted octanol–water partition coefficient (Wildman–Crippen LogP) is -1.85. The van der Waals surface area contributed by atoms with E-state index in [1.165, 1.54) is 6.07 Å². The van der Waals surface area contributed by atoms with Gasteiger partial charge in [-0.25, -0.2) is 9.37 Å². The molecule has 0 aliphatic heterocycles. The van der Waals surface area contributed by atoms with Gasteiger partial charge in [0, 0.05) is 6.20 Å². The molecule has 2 nitrogen and oxygen atoms in total. The molecule has 1 aromatic heterocycles. The minimum atomic E-state index is -5.26. The topological polar surface area (TPSA) is 36.7 Å². The third kappa shape index (κ3) is 3.33. The number of nitrogens with zero attached hydrogens (tertiary/aromatic N) is 2. The molecule has 0 saturated heterocycles. The second kappa shape index (κ2) is 5.23. The Kier molecular flexibility index (Phi) is 5.25. The number of aromatic nitrogens is 1. The molecule has 1 aromatic rings. The van der Waals surface area contributed by atoms with E-state index in [4.69, 9.17) is 5.26 Å². The fourth-order valence-electron chi connectivity index (χ4n) is 0.714. The van der Waals surface area contributed by atoms with Crippen LogP contribution in [0.15, 0.2) is 12.3 Å². The van der Waals surface area contributed by atoms with Gasteiger partial charge in [-0.15, -0.1) is 0 Å². The fraction of sp³-hybridized carbons (Fsp3) is 0. The Bertz CT molecular complexity index is 373. The van der Waals surface area contributed by atoms with Crippen molar-refractivity contribution in [1.82, 2.24) is 4.98 Å². The molecule has 0 spiro atoms. The van der Waals surface area contributed by atoms with Gasteiger partial charge in [-0.3, -0.25) is 0 Å². The van der Waals surface area contributed by atoms with E-state index in [0.717, 1.165) is 0 Å². The zero-order valence-corrected chi connectivity index (χ0v) is 10.3. The molecule has 0 saturated carbocycles. The summed E-state index contributed by atoms with van der Waals surface area (Å²) in [6.45, 7) is -5.26. The Labute approximate surface area is 120 Å². The van der Waals surface area contributed by atoms with E-state index in [2.05, 4.69) is 4.98 Å². The monoisotopic (exact) mass is 228 g/mol. The van der Waals surface area contributed by atoms with E-state index >= 15 is 0 Å². The molecule has 0 aromatic carbocycles. The zero-order valence-electron chi connectivity index (χ0n) is 7.14. The van der Waals surface area contributed by atoms with Crippen LogP contribution in [-0.2, 0) is 0 Å². The van der Waals surface area contributed by atoms with Crippen LogP contribution in [0.3, 0.4) is 0 Å². The third-order valence-corrected chi connectivity index (χ3v) is 1.35. The number of hydrogen-bond donors (Lipinski definition) is 0. The first-order valence-electron chi connectivity index (χ1n) is 3.20. The summed E-state index contributed by atoms with van der Waals surface area (Å²) in [4.78, 5) is 3.02. The van der Waals surface area contributed by atoms with Gasteiger partial charge in [0.15, 0.2) is 11.5 Å². The van der Waals surface area contributed by atoms with E-state index in [1.54, 1.807) is 0 Å². The molecular formula is C6H2BF4KN2. The van der Waals surface area contributed by atoms with E-state index in [0.29, 0.717) is 6.20 Å². The molecule has 1 heterocycles. The van der Waals surface area contributed by atoms with Gasteiger partial charge in [0.2, 0.25) is 0 Å². The summed E-state index contributed by atoms with van der Waals surface area (Å²) in [5.41, 5.74) is -1.78. The van der Waals surface area contributed by atoms with Crippen LogP contribution in [0.1, 0.15) is 5.69 Å². The summed E-state index contributed by atoms with van der Waals surface area (Å²) in [6, 6.07) is 1.60. The van der Waals surface area contributed by atoms with Gasteiger partial charge >= 0.3 is 58.4 Å². The van der Waals surface area contributed by atoms with Gasteiger partial charge in [-0.2, -0.15) is 5.26 Å². The Morgan fingerprint density at radius 2 is 1.93 bits per heavy atom. The SMILES string of the molecule is N#Cc1ncc([B-](F)(F)F)cc1F.[K+]. The van der Waals surface area contributed by atoms with Crippen LogP contribution in [0.2, 0.25) is 0 Å². The maximum absolute atomic E-state index is 12.6. The van der Waals surface area contributed by atoms with E-state index in [1.807, 2.05) is 0 Å². The van der Waals surface area contributed by atoms with Crippen molar-refractivity contribution in [2.24, 2.45) is 0 Å².